The molecule has 0 aromatic heterocycles. The number of piperazine rings is 1. The molecule has 1 saturated heterocycles. The minimum Gasteiger partial charge on any atom is -0.337 e. The molecule has 1 saturated carbocycles. The minimum atomic E-state index is 0.336. The third-order valence-electron chi connectivity index (χ3n) is 3.00. The standard InChI is InChI=1S/C10H18N2O/c1-8(2)11-5-6-12(9-3-4-9)10(13)7-11/h8-9H,3-7H2,1-2H3. The lowest BCUT2D eigenvalue weighted by Gasteiger charge is -2.36. The van der Waals surface area contributed by atoms with Gasteiger partial charge in [0.25, 0.3) is 0 Å². The fraction of sp³-hybridized carbons (Fsp3) is 0.900. The molecule has 0 unspecified atom stereocenters. The van der Waals surface area contributed by atoms with Crippen molar-refractivity contribution in [1.82, 2.24) is 9.80 Å². The molecule has 74 valence electrons. The topological polar surface area (TPSA) is 23.6 Å². The molecule has 1 aliphatic carbocycles. The Morgan fingerprint density at radius 1 is 1.31 bits per heavy atom. The van der Waals surface area contributed by atoms with Crippen LogP contribution in [0.4, 0.5) is 0 Å². The van der Waals surface area contributed by atoms with Gasteiger partial charge in [-0.05, 0) is 26.7 Å². The third-order valence-corrected chi connectivity index (χ3v) is 3.00. The second-order valence-electron chi connectivity index (χ2n) is 4.38. The van der Waals surface area contributed by atoms with Gasteiger partial charge in [0.1, 0.15) is 0 Å². The molecule has 2 fully saturated rings. The van der Waals surface area contributed by atoms with E-state index in [0.717, 1.165) is 13.1 Å². The monoisotopic (exact) mass is 182 g/mol. The molecule has 0 atom stereocenters. The van der Waals surface area contributed by atoms with Gasteiger partial charge in [0.05, 0.1) is 6.54 Å². The molecule has 0 spiro atoms. The molecule has 0 radical (unpaired) electrons. The second-order valence-corrected chi connectivity index (χ2v) is 4.38. The van der Waals surface area contributed by atoms with E-state index in [-0.39, 0.29) is 0 Å². The van der Waals surface area contributed by atoms with Gasteiger partial charge < -0.3 is 4.90 Å². The number of nitrogens with zero attached hydrogens (tertiary/aromatic N) is 2. The Kier molecular flexibility index (Phi) is 2.28. The van der Waals surface area contributed by atoms with Crippen LogP contribution in [0, 0.1) is 0 Å². The van der Waals surface area contributed by atoms with Gasteiger partial charge in [0.15, 0.2) is 0 Å². The molecule has 1 aliphatic heterocycles. The third kappa shape index (κ3) is 1.85. The van der Waals surface area contributed by atoms with Crippen molar-refractivity contribution in [2.75, 3.05) is 19.6 Å². The van der Waals surface area contributed by atoms with Crippen molar-refractivity contribution in [3.63, 3.8) is 0 Å². The highest BCUT2D eigenvalue weighted by molar-refractivity contribution is 5.79. The van der Waals surface area contributed by atoms with E-state index in [2.05, 4.69) is 23.6 Å². The van der Waals surface area contributed by atoms with Crippen molar-refractivity contribution in [2.24, 2.45) is 0 Å². The van der Waals surface area contributed by atoms with Gasteiger partial charge in [0, 0.05) is 25.2 Å². The molecule has 13 heavy (non-hydrogen) atoms. The van der Waals surface area contributed by atoms with Crippen LogP contribution in [-0.2, 0) is 4.79 Å². The number of amides is 1. The van der Waals surface area contributed by atoms with E-state index in [1.54, 1.807) is 0 Å². The lowest BCUT2D eigenvalue weighted by atomic mass is 10.2. The first-order chi connectivity index (χ1) is 6.18. The summed E-state index contributed by atoms with van der Waals surface area (Å²) in [6.07, 6.45) is 2.46. The molecule has 2 rings (SSSR count). The van der Waals surface area contributed by atoms with E-state index in [9.17, 15) is 4.79 Å². The molecule has 3 nitrogen and oxygen atoms in total. The van der Waals surface area contributed by atoms with Gasteiger partial charge >= 0.3 is 0 Å². The zero-order valence-electron chi connectivity index (χ0n) is 8.49. The number of carbonyl (C=O) groups is 1. The Balaban J connectivity index is 1.91. The lowest BCUT2D eigenvalue weighted by molar-refractivity contribution is -0.137. The fourth-order valence-electron chi connectivity index (χ4n) is 1.92. The normalized spacial score (nSPS) is 25.8. The van der Waals surface area contributed by atoms with Crippen LogP contribution in [0.3, 0.4) is 0 Å². The number of carbonyl (C=O) groups excluding carboxylic acids is 1. The van der Waals surface area contributed by atoms with Gasteiger partial charge in [-0.1, -0.05) is 0 Å². The van der Waals surface area contributed by atoms with Crippen LogP contribution < -0.4 is 0 Å². The van der Waals surface area contributed by atoms with Crippen molar-refractivity contribution in [2.45, 2.75) is 38.8 Å². The quantitative estimate of drug-likeness (QED) is 0.627. The zero-order valence-corrected chi connectivity index (χ0v) is 8.49. The Hall–Kier alpha value is -0.570. The predicted octanol–water partition coefficient (Wildman–Crippen LogP) is 0.701. The molecule has 0 aromatic carbocycles. The average Bonchev–Trinajstić information content (AvgIpc) is 2.87. The minimum absolute atomic E-state index is 0.336. The zero-order chi connectivity index (χ0) is 9.42. The van der Waals surface area contributed by atoms with Gasteiger partial charge in [0.2, 0.25) is 5.91 Å². The first kappa shape index (κ1) is 9.00. The number of hydrogen-bond acceptors (Lipinski definition) is 2. The van der Waals surface area contributed by atoms with E-state index < -0.39 is 0 Å². The first-order valence-electron chi connectivity index (χ1n) is 5.22. The van der Waals surface area contributed by atoms with E-state index in [1.165, 1.54) is 12.8 Å². The summed E-state index contributed by atoms with van der Waals surface area (Å²) in [4.78, 5) is 16.0. The smallest absolute Gasteiger partial charge is 0.237 e. The summed E-state index contributed by atoms with van der Waals surface area (Å²) >= 11 is 0. The van der Waals surface area contributed by atoms with E-state index in [0.29, 0.717) is 24.5 Å². The lowest BCUT2D eigenvalue weighted by Crippen LogP contribution is -2.52. The van der Waals surface area contributed by atoms with Crippen LogP contribution in [0.25, 0.3) is 0 Å². The van der Waals surface area contributed by atoms with Crippen molar-refractivity contribution in [3.05, 3.63) is 0 Å². The Morgan fingerprint density at radius 3 is 2.46 bits per heavy atom. The Morgan fingerprint density at radius 2 is 2.00 bits per heavy atom. The van der Waals surface area contributed by atoms with Crippen LogP contribution in [-0.4, -0.2) is 47.4 Å². The average molecular weight is 182 g/mol. The molecule has 0 N–H and O–H groups in total. The van der Waals surface area contributed by atoms with Crippen molar-refractivity contribution < 1.29 is 4.79 Å². The fourth-order valence-corrected chi connectivity index (χ4v) is 1.92. The Labute approximate surface area is 79.7 Å². The van der Waals surface area contributed by atoms with Crippen LogP contribution >= 0.6 is 0 Å². The van der Waals surface area contributed by atoms with Crippen molar-refractivity contribution >= 4 is 5.91 Å². The molecular weight excluding hydrogens is 164 g/mol. The Bertz CT molecular complexity index is 211. The molecular formula is C10H18N2O. The van der Waals surface area contributed by atoms with Crippen molar-refractivity contribution in [1.29, 1.82) is 0 Å². The predicted molar refractivity (Wildman–Crippen MR) is 51.4 cm³/mol. The van der Waals surface area contributed by atoms with E-state index in [1.807, 2.05) is 0 Å². The maximum Gasteiger partial charge on any atom is 0.237 e. The van der Waals surface area contributed by atoms with Crippen LogP contribution in [0.1, 0.15) is 26.7 Å². The summed E-state index contributed by atoms with van der Waals surface area (Å²) in [6.45, 7) is 6.94. The first-order valence-corrected chi connectivity index (χ1v) is 5.22. The molecule has 0 bridgehead atoms. The van der Waals surface area contributed by atoms with Crippen LogP contribution in [0.5, 0.6) is 0 Å². The van der Waals surface area contributed by atoms with Gasteiger partial charge in [-0.3, -0.25) is 9.69 Å². The molecule has 3 heteroatoms. The van der Waals surface area contributed by atoms with Gasteiger partial charge in [-0.2, -0.15) is 0 Å². The summed E-state index contributed by atoms with van der Waals surface area (Å²) in [5.74, 6) is 0.336. The molecule has 1 amide bonds. The SMILES string of the molecule is CC(C)N1CCN(C2CC2)C(=O)C1. The van der Waals surface area contributed by atoms with Gasteiger partial charge in [-0.15, -0.1) is 0 Å². The van der Waals surface area contributed by atoms with Crippen molar-refractivity contribution in [3.8, 4) is 0 Å². The van der Waals surface area contributed by atoms with Crippen LogP contribution in [0.15, 0.2) is 0 Å². The summed E-state index contributed by atoms with van der Waals surface area (Å²) in [5.41, 5.74) is 0. The molecule has 2 aliphatic rings. The molecule has 0 aromatic rings. The number of hydrogen-bond donors (Lipinski definition) is 0. The maximum absolute atomic E-state index is 11.7. The summed E-state index contributed by atoms with van der Waals surface area (Å²) in [7, 11) is 0. The van der Waals surface area contributed by atoms with E-state index >= 15 is 0 Å². The maximum atomic E-state index is 11.7. The number of rotatable bonds is 2. The van der Waals surface area contributed by atoms with Gasteiger partial charge in [-0.25, -0.2) is 0 Å². The molecule has 1 heterocycles. The highest BCUT2D eigenvalue weighted by atomic mass is 16.2. The summed E-state index contributed by atoms with van der Waals surface area (Å²) in [6, 6.07) is 1.10. The highest BCUT2D eigenvalue weighted by Crippen LogP contribution is 2.28. The largest absolute Gasteiger partial charge is 0.337 e. The summed E-state index contributed by atoms with van der Waals surface area (Å²) in [5, 5.41) is 0. The summed E-state index contributed by atoms with van der Waals surface area (Å²) < 4.78 is 0. The highest BCUT2D eigenvalue weighted by Gasteiger charge is 2.35. The second kappa shape index (κ2) is 3.29. The van der Waals surface area contributed by atoms with E-state index in [4.69, 9.17) is 0 Å². The van der Waals surface area contributed by atoms with Crippen LogP contribution in [0.2, 0.25) is 0 Å².